The monoisotopic (exact) mass is 277 g/mol. The molecule has 0 atom stereocenters. The minimum atomic E-state index is 0.466. The minimum absolute atomic E-state index is 0.466. The van der Waals surface area contributed by atoms with E-state index in [1.54, 1.807) is 20.4 Å². The first-order chi connectivity index (χ1) is 9.19. The molecule has 19 heavy (non-hydrogen) atoms. The van der Waals surface area contributed by atoms with Crippen molar-refractivity contribution in [2.75, 3.05) is 14.2 Å². The molecule has 2 aromatic rings. The van der Waals surface area contributed by atoms with E-state index in [0.29, 0.717) is 5.88 Å². The van der Waals surface area contributed by atoms with Crippen LogP contribution in [0.5, 0.6) is 11.5 Å². The van der Waals surface area contributed by atoms with Crippen LogP contribution in [0.25, 0.3) is 11.3 Å². The predicted molar refractivity (Wildman–Crippen MR) is 77.1 cm³/mol. The van der Waals surface area contributed by atoms with Gasteiger partial charge >= 0.3 is 0 Å². The predicted octanol–water partition coefficient (Wildman–Crippen LogP) is 3.81. The number of nitrogens with zero attached hydrogens (tertiary/aromatic N) is 1. The molecule has 0 N–H and O–H groups in total. The number of rotatable bonds is 4. The second-order valence-corrected chi connectivity index (χ2v) is 4.46. The van der Waals surface area contributed by atoms with E-state index in [-0.39, 0.29) is 0 Å². The lowest BCUT2D eigenvalue weighted by molar-refractivity contribution is 0.389. The number of alkyl halides is 1. The molecular formula is C15H16ClNO2. The molecule has 0 aliphatic carbocycles. The molecule has 0 fully saturated rings. The van der Waals surface area contributed by atoms with E-state index in [9.17, 15) is 0 Å². The third-order valence-corrected chi connectivity index (χ3v) is 3.34. The molecular weight excluding hydrogens is 262 g/mol. The molecule has 0 amide bonds. The fourth-order valence-corrected chi connectivity index (χ4v) is 2.07. The van der Waals surface area contributed by atoms with Crippen LogP contribution in [-0.2, 0) is 5.88 Å². The zero-order valence-corrected chi connectivity index (χ0v) is 12.0. The third-order valence-electron chi connectivity index (χ3n) is 3.03. The zero-order chi connectivity index (χ0) is 13.8. The van der Waals surface area contributed by atoms with Crippen molar-refractivity contribution in [2.24, 2.45) is 0 Å². The summed E-state index contributed by atoms with van der Waals surface area (Å²) in [5.41, 5.74) is 3.80. The zero-order valence-electron chi connectivity index (χ0n) is 11.2. The minimum Gasteiger partial charge on any atom is -0.496 e. The summed E-state index contributed by atoms with van der Waals surface area (Å²) in [6, 6.07) is 7.83. The van der Waals surface area contributed by atoms with Gasteiger partial charge in [0.2, 0.25) is 0 Å². The van der Waals surface area contributed by atoms with E-state index in [0.717, 1.165) is 33.9 Å². The Morgan fingerprint density at radius 2 is 1.74 bits per heavy atom. The van der Waals surface area contributed by atoms with Gasteiger partial charge in [-0.15, -0.1) is 11.6 Å². The van der Waals surface area contributed by atoms with Crippen LogP contribution in [0.2, 0.25) is 0 Å². The second kappa shape index (κ2) is 5.93. The Labute approximate surface area is 118 Å². The maximum absolute atomic E-state index is 5.76. The van der Waals surface area contributed by atoms with Crippen molar-refractivity contribution in [3.05, 3.63) is 41.6 Å². The Morgan fingerprint density at radius 3 is 2.16 bits per heavy atom. The lowest BCUT2D eigenvalue weighted by Gasteiger charge is -2.12. The normalized spacial score (nSPS) is 10.3. The van der Waals surface area contributed by atoms with Gasteiger partial charge in [0, 0.05) is 23.2 Å². The van der Waals surface area contributed by atoms with E-state index >= 15 is 0 Å². The fourth-order valence-electron chi connectivity index (χ4n) is 1.91. The molecule has 100 valence electrons. The first-order valence-corrected chi connectivity index (χ1v) is 6.47. The third kappa shape index (κ3) is 2.82. The Hall–Kier alpha value is -1.74. The summed E-state index contributed by atoms with van der Waals surface area (Å²) in [5, 5.41) is 0. The van der Waals surface area contributed by atoms with Crippen molar-refractivity contribution in [1.29, 1.82) is 0 Å². The second-order valence-electron chi connectivity index (χ2n) is 4.19. The van der Waals surface area contributed by atoms with Crippen molar-refractivity contribution in [1.82, 2.24) is 4.98 Å². The lowest BCUT2D eigenvalue weighted by Crippen LogP contribution is -1.94. The van der Waals surface area contributed by atoms with Gasteiger partial charge in [-0.1, -0.05) is 6.07 Å². The highest BCUT2D eigenvalue weighted by Gasteiger charge is 2.10. The number of aromatic nitrogens is 1. The van der Waals surface area contributed by atoms with Gasteiger partial charge in [-0.25, -0.2) is 0 Å². The Balaban J connectivity index is 2.48. The van der Waals surface area contributed by atoms with Crippen molar-refractivity contribution >= 4 is 11.6 Å². The number of ether oxygens (including phenoxy) is 2. The molecule has 0 saturated carbocycles. The number of hydrogen-bond donors (Lipinski definition) is 0. The Bertz CT molecular complexity index is 542. The van der Waals surface area contributed by atoms with Crippen LogP contribution in [0.1, 0.15) is 11.1 Å². The molecule has 4 heteroatoms. The van der Waals surface area contributed by atoms with Gasteiger partial charge in [0.25, 0.3) is 0 Å². The van der Waals surface area contributed by atoms with Gasteiger partial charge in [-0.3, -0.25) is 4.98 Å². The molecule has 0 aliphatic rings. The highest BCUT2D eigenvalue weighted by Crippen LogP contribution is 2.33. The van der Waals surface area contributed by atoms with Crippen LogP contribution in [0.3, 0.4) is 0 Å². The van der Waals surface area contributed by atoms with Crippen LogP contribution in [-0.4, -0.2) is 19.2 Å². The molecule has 0 unspecified atom stereocenters. The van der Waals surface area contributed by atoms with Crippen molar-refractivity contribution in [2.45, 2.75) is 12.8 Å². The van der Waals surface area contributed by atoms with Crippen molar-refractivity contribution < 1.29 is 9.47 Å². The average Bonchev–Trinajstić information content (AvgIpc) is 2.47. The molecule has 0 saturated heterocycles. The van der Waals surface area contributed by atoms with Crippen molar-refractivity contribution in [3.8, 4) is 22.8 Å². The van der Waals surface area contributed by atoms with Crippen molar-refractivity contribution in [3.63, 3.8) is 0 Å². The number of hydrogen-bond acceptors (Lipinski definition) is 3. The SMILES string of the molecule is COc1cc(-c2ccc(CCl)cn2)cc(OC)c1C. The average molecular weight is 278 g/mol. The standard InChI is InChI=1S/C15H16ClNO2/c1-10-14(18-2)6-12(7-15(10)19-3)13-5-4-11(8-16)9-17-13/h4-7,9H,8H2,1-3H3. The molecule has 0 bridgehead atoms. The summed E-state index contributed by atoms with van der Waals surface area (Å²) in [6.45, 7) is 1.96. The molecule has 0 spiro atoms. The van der Waals surface area contributed by atoms with E-state index in [4.69, 9.17) is 21.1 Å². The molecule has 1 heterocycles. The molecule has 3 nitrogen and oxygen atoms in total. The largest absolute Gasteiger partial charge is 0.496 e. The number of pyridine rings is 1. The van der Waals surface area contributed by atoms with Gasteiger partial charge in [-0.2, -0.15) is 0 Å². The Kier molecular flexibility index (Phi) is 4.27. The highest BCUT2D eigenvalue weighted by atomic mass is 35.5. The summed E-state index contributed by atoms with van der Waals surface area (Å²) in [5.74, 6) is 2.04. The van der Waals surface area contributed by atoms with Gasteiger partial charge in [-0.05, 0) is 30.7 Å². The van der Waals surface area contributed by atoms with Crippen LogP contribution < -0.4 is 9.47 Å². The van der Waals surface area contributed by atoms with E-state index < -0.39 is 0 Å². The molecule has 1 aromatic heterocycles. The topological polar surface area (TPSA) is 31.4 Å². The number of methoxy groups -OCH3 is 2. The van der Waals surface area contributed by atoms with E-state index in [2.05, 4.69) is 4.98 Å². The summed E-state index contributed by atoms with van der Waals surface area (Å²) in [6.07, 6.45) is 1.78. The number of halogens is 1. The molecule has 1 aromatic carbocycles. The summed E-state index contributed by atoms with van der Waals surface area (Å²) < 4.78 is 10.7. The van der Waals surface area contributed by atoms with Crippen LogP contribution >= 0.6 is 11.6 Å². The first kappa shape index (κ1) is 13.7. The lowest BCUT2D eigenvalue weighted by atomic mass is 10.1. The fraction of sp³-hybridized carbons (Fsp3) is 0.267. The molecule has 0 aliphatic heterocycles. The van der Waals surface area contributed by atoms with Crippen LogP contribution in [0.15, 0.2) is 30.5 Å². The first-order valence-electron chi connectivity index (χ1n) is 5.93. The van der Waals surface area contributed by atoms with Gasteiger partial charge in [0.05, 0.1) is 19.9 Å². The summed E-state index contributed by atoms with van der Waals surface area (Å²) in [4.78, 5) is 4.40. The van der Waals surface area contributed by atoms with Crippen LogP contribution in [0, 0.1) is 6.92 Å². The summed E-state index contributed by atoms with van der Waals surface area (Å²) >= 11 is 5.76. The molecule has 0 radical (unpaired) electrons. The number of benzene rings is 1. The molecule has 2 rings (SSSR count). The van der Waals surface area contributed by atoms with Gasteiger partial charge < -0.3 is 9.47 Å². The van der Waals surface area contributed by atoms with Crippen LogP contribution in [0.4, 0.5) is 0 Å². The maximum Gasteiger partial charge on any atom is 0.126 e. The van der Waals surface area contributed by atoms with Gasteiger partial charge in [0.1, 0.15) is 11.5 Å². The van der Waals surface area contributed by atoms with E-state index in [1.165, 1.54) is 0 Å². The smallest absolute Gasteiger partial charge is 0.126 e. The highest BCUT2D eigenvalue weighted by molar-refractivity contribution is 6.17. The Morgan fingerprint density at radius 1 is 1.11 bits per heavy atom. The maximum atomic E-state index is 5.76. The van der Waals surface area contributed by atoms with E-state index in [1.807, 2.05) is 31.2 Å². The van der Waals surface area contributed by atoms with Gasteiger partial charge in [0.15, 0.2) is 0 Å². The quantitative estimate of drug-likeness (QED) is 0.796. The summed E-state index contributed by atoms with van der Waals surface area (Å²) in [7, 11) is 3.30.